The molecule has 1 aliphatic carbocycles. The molecule has 0 amide bonds. The van der Waals surface area contributed by atoms with Gasteiger partial charge in [0.15, 0.2) is 16.6 Å². The van der Waals surface area contributed by atoms with Gasteiger partial charge in [0, 0.05) is 11.8 Å². The molecule has 2 N–H and O–H groups in total. The van der Waals surface area contributed by atoms with Crippen molar-refractivity contribution in [2.24, 2.45) is 0 Å². The maximum atomic E-state index is 5.49. The van der Waals surface area contributed by atoms with Gasteiger partial charge in [-0.1, -0.05) is 24.3 Å². The predicted octanol–water partition coefficient (Wildman–Crippen LogP) is 4.07. The first kappa shape index (κ1) is 16.6. The number of fused-ring (bicyclic) bond motifs is 1. The molecule has 1 unspecified atom stereocenters. The zero-order chi connectivity index (χ0) is 16.9. The lowest BCUT2D eigenvalue weighted by molar-refractivity contribution is 0.355. The number of aryl methyl sites for hydroxylation is 1. The van der Waals surface area contributed by atoms with E-state index >= 15 is 0 Å². The molecule has 1 atom stereocenters. The van der Waals surface area contributed by atoms with E-state index in [1.54, 1.807) is 14.2 Å². The zero-order valence-corrected chi connectivity index (χ0v) is 14.8. The molecule has 0 aromatic heterocycles. The van der Waals surface area contributed by atoms with Crippen molar-refractivity contribution in [3.05, 3.63) is 53.6 Å². The minimum Gasteiger partial charge on any atom is -0.493 e. The molecule has 0 bridgehead atoms. The van der Waals surface area contributed by atoms with Crippen LogP contribution in [0.5, 0.6) is 11.5 Å². The third kappa shape index (κ3) is 3.62. The normalized spacial score (nSPS) is 16.0. The summed E-state index contributed by atoms with van der Waals surface area (Å²) < 4.78 is 10.6. The standard InChI is InChI=1S/C19H22N2O2S/c1-22-17-11-10-14(12-18(17)23-2)20-19(24)21-16-9-5-7-13-6-3-4-8-15(13)16/h3-4,6,8,10-12,16H,5,7,9H2,1-2H3,(H2,20,21,24). The van der Waals surface area contributed by atoms with Gasteiger partial charge in [0.05, 0.1) is 20.3 Å². The summed E-state index contributed by atoms with van der Waals surface area (Å²) in [6, 6.07) is 14.5. The van der Waals surface area contributed by atoms with Crippen molar-refractivity contribution < 1.29 is 9.47 Å². The van der Waals surface area contributed by atoms with Crippen molar-refractivity contribution in [1.29, 1.82) is 0 Å². The van der Waals surface area contributed by atoms with Gasteiger partial charge < -0.3 is 20.1 Å². The molecule has 0 radical (unpaired) electrons. The third-order valence-corrected chi connectivity index (χ3v) is 4.54. The Bertz CT molecular complexity index is 733. The molecule has 4 nitrogen and oxygen atoms in total. The predicted molar refractivity (Wildman–Crippen MR) is 101 cm³/mol. The average Bonchev–Trinajstić information content (AvgIpc) is 2.62. The molecular formula is C19H22N2O2S. The van der Waals surface area contributed by atoms with Crippen molar-refractivity contribution >= 4 is 23.0 Å². The highest BCUT2D eigenvalue weighted by molar-refractivity contribution is 7.80. The molecule has 3 rings (SSSR count). The van der Waals surface area contributed by atoms with Crippen molar-refractivity contribution in [3.8, 4) is 11.5 Å². The number of benzene rings is 2. The van der Waals surface area contributed by atoms with Crippen molar-refractivity contribution in [3.63, 3.8) is 0 Å². The highest BCUT2D eigenvalue weighted by Gasteiger charge is 2.20. The topological polar surface area (TPSA) is 42.5 Å². The summed E-state index contributed by atoms with van der Waals surface area (Å²) in [7, 11) is 3.24. The molecule has 126 valence electrons. The van der Waals surface area contributed by atoms with E-state index in [0.29, 0.717) is 16.6 Å². The maximum absolute atomic E-state index is 5.49. The summed E-state index contributed by atoms with van der Waals surface area (Å²) >= 11 is 5.49. The summed E-state index contributed by atoms with van der Waals surface area (Å²) in [5, 5.41) is 7.28. The molecule has 0 aliphatic heterocycles. The highest BCUT2D eigenvalue weighted by atomic mass is 32.1. The van der Waals surface area contributed by atoms with E-state index in [4.69, 9.17) is 21.7 Å². The second-order valence-corrected chi connectivity index (χ2v) is 6.22. The second kappa shape index (κ2) is 7.53. The number of hydrogen-bond acceptors (Lipinski definition) is 3. The average molecular weight is 342 g/mol. The molecule has 0 spiro atoms. The van der Waals surface area contributed by atoms with E-state index in [2.05, 4.69) is 34.9 Å². The van der Waals surface area contributed by atoms with Gasteiger partial charge in [0.2, 0.25) is 0 Å². The van der Waals surface area contributed by atoms with E-state index in [0.717, 1.165) is 18.5 Å². The molecule has 5 heteroatoms. The van der Waals surface area contributed by atoms with Crippen LogP contribution < -0.4 is 20.1 Å². The molecular weight excluding hydrogens is 320 g/mol. The summed E-state index contributed by atoms with van der Waals surface area (Å²) in [5.74, 6) is 1.37. The molecule has 2 aromatic carbocycles. The Morgan fingerprint density at radius 3 is 2.67 bits per heavy atom. The first-order chi connectivity index (χ1) is 11.7. The SMILES string of the molecule is COc1ccc(NC(=S)NC2CCCc3ccccc32)cc1OC. The zero-order valence-electron chi connectivity index (χ0n) is 14.0. The largest absolute Gasteiger partial charge is 0.493 e. The van der Waals surface area contributed by atoms with Crippen LogP contribution in [0.4, 0.5) is 5.69 Å². The quantitative estimate of drug-likeness (QED) is 0.820. The Hall–Kier alpha value is -2.27. The Kier molecular flexibility index (Phi) is 5.20. The summed E-state index contributed by atoms with van der Waals surface area (Å²) in [6.07, 6.45) is 3.41. The van der Waals surface area contributed by atoms with Crippen LogP contribution in [0.2, 0.25) is 0 Å². The van der Waals surface area contributed by atoms with Crippen LogP contribution in [-0.4, -0.2) is 19.3 Å². The Morgan fingerprint density at radius 2 is 1.88 bits per heavy atom. The van der Waals surface area contributed by atoms with Crippen LogP contribution in [0.3, 0.4) is 0 Å². The summed E-state index contributed by atoms with van der Waals surface area (Å²) in [4.78, 5) is 0. The number of hydrogen-bond donors (Lipinski definition) is 2. The number of nitrogens with one attached hydrogen (secondary N) is 2. The monoisotopic (exact) mass is 342 g/mol. The number of ether oxygens (including phenoxy) is 2. The lowest BCUT2D eigenvalue weighted by Gasteiger charge is -2.27. The minimum atomic E-state index is 0.259. The minimum absolute atomic E-state index is 0.259. The smallest absolute Gasteiger partial charge is 0.171 e. The lowest BCUT2D eigenvalue weighted by atomic mass is 9.88. The Morgan fingerprint density at radius 1 is 1.08 bits per heavy atom. The van der Waals surface area contributed by atoms with E-state index in [1.165, 1.54) is 17.5 Å². The van der Waals surface area contributed by atoms with Gasteiger partial charge in [-0.2, -0.15) is 0 Å². The van der Waals surface area contributed by atoms with Gasteiger partial charge >= 0.3 is 0 Å². The number of methoxy groups -OCH3 is 2. The van der Waals surface area contributed by atoms with Gasteiger partial charge in [-0.05, 0) is 54.7 Å². The van der Waals surface area contributed by atoms with Gasteiger partial charge in [-0.25, -0.2) is 0 Å². The first-order valence-electron chi connectivity index (χ1n) is 8.08. The fourth-order valence-electron chi connectivity index (χ4n) is 3.14. The second-order valence-electron chi connectivity index (χ2n) is 5.81. The maximum Gasteiger partial charge on any atom is 0.171 e. The third-order valence-electron chi connectivity index (χ3n) is 4.32. The van der Waals surface area contributed by atoms with Crippen LogP contribution in [0.1, 0.15) is 30.0 Å². The fourth-order valence-corrected chi connectivity index (χ4v) is 3.40. The molecule has 0 fully saturated rings. The van der Waals surface area contributed by atoms with Crippen LogP contribution in [-0.2, 0) is 6.42 Å². The lowest BCUT2D eigenvalue weighted by Crippen LogP contribution is -2.34. The van der Waals surface area contributed by atoms with Gasteiger partial charge in [-0.15, -0.1) is 0 Å². The van der Waals surface area contributed by atoms with Crippen molar-refractivity contribution in [2.45, 2.75) is 25.3 Å². The number of thiocarbonyl (C=S) groups is 1. The van der Waals surface area contributed by atoms with E-state index in [-0.39, 0.29) is 6.04 Å². The summed E-state index contributed by atoms with van der Waals surface area (Å²) in [5.41, 5.74) is 3.63. The van der Waals surface area contributed by atoms with Crippen molar-refractivity contribution in [1.82, 2.24) is 5.32 Å². The number of anilines is 1. The van der Waals surface area contributed by atoms with Crippen molar-refractivity contribution in [2.75, 3.05) is 19.5 Å². The highest BCUT2D eigenvalue weighted by Crippen LogP contribution is 2.31. The van der Waals surface area contributed by atoms with E-state index in [1.807, 2.05) is 18.2 Å². The van der Waals surface area contributed by atoms with Crippen LogP contribution in [0.25, 0.3) is 0 Å². The van der Waals surface area contributed by atoms with E-state index < -0.39 is 0 Å². The molecule has 0 heterocycles. The molecule has 24 heavy (non-hydrogen) atoms. The summed E-state index contributed by atoms with van der Waals surface area (Å²) in [6.45, 7) is 0. The van der Waals surface area contributed by atoms with E-state index in [9.17, 15) is 0 Å². The Balaban J connectivity index is 1.69. The fraction of sp³-hybridized carbons (Fsp3) is 0.316. The van der Waals surface area contributed by atoms with Gasteiger partial charge in [0.1, 0.15) is 0 Å². The molecule has 0 saturated carbocycles. The van der Waals surface area contributed by atoms with Crippen LogP contribution >= 0.6 is 12.2 Å². The van der Waals surface area contributed by atoms with Crippen LogP contribution in [0.15, 0.2) is 42.5 Å². The molecule has 0 saturated heterocycles. The van der Waals surface area contributed by atoms with Gasteiger partial charge in [-0.3, -0.25) is 0 Å². The van der Waals surface area contributed by atoms with Crippen LogP contribution in [0, 0.1) is 0 Å². The molecule has 1 aliphatic rings. The Labute approximate surface area is 148 Å². The first-order valence-corrected chi connectivity index (χ1v) is 8.49. The molecule has 2 aromatic rings. The number of rotatable bonds is 4. The van der Waals surface area contributed by atoms with Gasteiger partial charge in [0.25, 0.3) is 0 Å².